The van der Waals surface area contributed by atoms with E-state index in [9.17, 15) is 15.1 Å². The quantitative estimate of drug-likeness (QED) is 0.0776. The Hall–Kier alpha value is -4.73. The predicted octanol–water partition coefficient (Wildman–Crippen LogP) is 10.5. The number of phenols is 2. The number of hydrogen-bond donors (Lipinski definition) is 2. The van der Waals surface area contributed by atoms with Crippen LogP contribution in [-0.2, 0) is 0 Å². The van der Waals surface area contributed by atoms with Gasteiger partial charge in [0, 0.05) is 22.8 Å². The lowest BCUT2D eigenvalue weighted by molar-refractivity contribution is 0.210. The summed E-state index contributed by atoms with van der Waals surface area (Å²) >= 11 is 0. The van der Waals surface area contributed by atoms with Gasteiger partial charge in [0.05, 0.1) is 30.4 Å². The molecular formula is C40H50N4O6. The van der Waals surface area contributed by atoms with Gasteiger partial charge in [-0.05, 0) is 93.9 Å². The van der Waals surface area contributed by atoms with Crippen LogP contribution in [0.15, 0.2) is 47.6 Å². The maximum Gasteiger partial charge on any atom is 0.167 e. The maximum atomic E-state index is 12.2. The first kappa shape index (κ1) is 36.5. The molecule has 0 bridgehead atoms. The highest BCUT2D eigenvalue weighted by Gasteiger charge is 2.23. The Labute approximate surface area is 295 Å². The van der Waals surface area contributed by atoms with Crippen molar-refractivity contribution >= 4 is 5.69 Å². The third-order valence-corrected chi connectivity index (χ3v) is 9.30. The molecule has 4 aromatic rings. The Kier molecular flexibility index (Phi) is 13.0. The molecule has 1 fully saturated rings. The van der Waals surface area contributed by atoms with E-state index < -0.39 is 0 Å². The van der Waals surface area contributed by atoms with Crippen LogP contribution in [-0.4, -0.2) is 44.5 Å². The van der Waals surface area contributed by atoms with Crippen LogP contribution < -0.4 is 14.2 Å². The molecule has 1 saturated carbocycles. The summed E-state index contributed by atoms with van der Waals surface area (Å²) in [6.07, 6.45) is 12.9. The van der Waals surface area contributed by atoms with Crippen molar-refractivity contribution in [2.75, 3.05) is 13.2 Å². The van der Waals surface area contributed by atoms with Crippen molar-refractivity contribution in [3.63, 3.8) is 0 Å². The predicted molar refractivity (Wildman–Crippen MR) is 197 cm³/mol. The van der Waals surface area contributed by atoms with Crippen LogP contribution >= 0.6 is 0 Å². The summed E-state index contributed by atoms with van der Waals surface area (Å²) in [7, 11) is 0. The Morgan fingerprint density at radius 3 is 1.64 bits per heavy atom. The van der Waals surface area contributed by atoms with Crippen LogP contribution in [0.5, 0.6) is 28.7 Å². The summed E-state index contributed by atoms with van der Waals surface area (Å²) in [5.41, 5.74) is 2.32. The van der Waals surface area contributed by atoms with Crippen molar-refractivity contribution in [2.24, 2.45) is 5.18 Å². The van der Waals surface area contributed by atoms with Gasteiger partial charge < -0.3 is 24.4 Å². The molecule has 1 aliphatic carbocycles. The van der Waals surface area contributed by atoms with E-state index in [1.807, 2.05) is 0 Å². The Morgan fingerprint density at radius 1 is 0.680 bits per heavy atom. The van der Waals surface area contributed by atoms with E-state index in [0.717, 1.165) is 77.0 Å². The Balaban J connectivity index is 1.54. The van der Waals surface area contributed by atoms with Crippen molar-refractivity contribution in [2.45, 2.75) is 111 Å². The zero-order valence-electron chi connectivity index (χ0n) is 29.8. The molecule has 0 radical (unpaired) electrons. The molecule has 1 heterocycles. The average molecular weight is 683 g/mol. The molecular weight excluding hydrogens is 632 g/mol. The monoisotopic (exact) mass is 682 g/mol. The summed E-state index contributed by atoms with van der Waals surface area (Å²) in [6.45, 7) is 9.02. The minimum atomic E-state index is -0.0274. The van der Waals surface area contributed by atoms with Crippen LogP contribution in [0.4, 0.5) is 5.69 Å². The Morgan fingerprint density at radius 2 is 1.16 bits per heavy atom. The standard InChI is InChI=1S/C40H50N4O6/c1-5-7-9-13-23-48-34-21-19-31(36(45)26(34)3)39-41-38(30-18-17-29(25-33(30)44-47)50-28-15-11-12-16-28)42-40(43-39)32-20-22-35(27(4)37(32)46)49-24-14-10-8-6-2/h17-22,25,28,45-46H,5-16,23-24H2,1-4H3. The van der Waals surface area contributed by atoms with E-state index >= 15 is 0 Å². The molecule has 1 aliphatic rings. The first-order valence-corrected chi connectivity index (χ1v) is 18.2. The second kappa shape index (κ2) is 17.8. The van der Waals surface area contributed by atoms with Gasteiger partial charge in [0.25, 0.3) is 0 Å². The molecule has 0 unspecified atom stereocenters. The third-order valence-electron chi connectivity index (χ3n) is 9.30. The summed E-state index contributed by atoms with van der Waals surface area (Å²) in [5.74, 6) is 2.16. The number of benzene rings is 3. The third kappa shape index (κ3) is 8.89. The number of hydrogen-bond acceptors (Lipinski definition) is 10. The van der Waals surface area contributed by atoms with Gasteiger partial charge in [0.1, 0.15) is 34.4 Å². The van der Waals surface area contributed by atoms with Crippen molar-refractivity contribution in [3.05, 3.63) is 58.5 Å². The molecule has 0 aliphatic heterocycles. The average Bonchev–Trinajstić information content (AvgIpc) is 3.64. The van der Waals surface area contributed by atoms with Gasteiger partial charge in [-0.3, -0.25) is 0 Å². The highest BCUT2D eigenvalue weighted by molar-refractivity contribution is 5.78. The van der Waals surface area contributed by atoms with Gasteiger partial charge in [-0.15, -0.1) is 4.91 Å². The smallest absolute Gasteiger partial charge is 0.167 e. The fourth-order valence-electron chi connectivity index (χ4n) is 6.24. The summed E-state index contributed by atoms with van der Waals surface area (Å²) < 4.78 is 18.1. The number of aromatic hydroxyl groups is 2. The van der Waals surface area contributed by atoms with Crippen LogP contribution in [0.2, 0.25) is 0 Å². The number of rotatable bonds is 18. The molecule has 10 nitrogen and oxygen atoms in total. The number of unbranched alkanes of at least 4 members (excludes halogenated alkanes) is 6. The molecule has 0 spiro atoms. The van der Waals surface area contributed by atoms with Crippen LogP contribution in [0.3, 0.4) is 0 Å². The van der Waals surface area contributed by atoms with E-state index in [4.69, 9.17) is 29.2 Å². The number of phenolic OH excluding ortho intramolecular Hbond substituents is 2. The first-order valence-electron chi connectivity index (χ1n) is 18.2. The number of ether oxygens (including phenoxy) is 3. The second-order valence-corrected chi connectivity index (χ2v) is 13.1. The van der Waals surface area contributed by atoms with Gasteiger partial charge in [0.15, 0.2) is 17.5 Å². The molecule has 2 N–H and O–H groups in total. The molecule has 50 heavy (non-hydrogen) atoms. The SMILES string of the molecule is CCCCCCOc1ccc(-c2nc(-c3ccc(OC4CCCC4)cc3N=O)nc(-c3ccc(OCCCCCC)c(C)c3O)n2)c(O)c1C. The zero-order chi connectivity index (χ0) is 35.5. The van der Waals surface area contributed by atoms with E-state index in [1.165, 1.54) is 0 Å². The minimum Gasteiger partial charge on any atom is -0.507 e. The number of nitrogens with zero attached hydrogens (tertiary/aromatic N) is 4. The molecule has 5 rings (SSSR count). The lowest BCUT2D eigenvalue weighted by Gasteiger charge is -2.16. The molecule has 0 amide bonds. The first-order chi connectivity index (χ1) is 24.3. The number of nitroso groups, excluding NO2 is 1. The van der Waals surface area contributed by atoms with Gasteiger partial charge in [-0.1, -0.05) is 52.4 Å². The topological polar surface area (TPSA) is 136 Å². The van der Waals surface area contributed by atoms with Crippen LogP contribution in [0, 0.1) is 18.8 Å². The normalized spacial score (nSPS) is 13.0. The fraction of sp³-hybridized carbons (Fsp3) is 0.475. The van der Waals surface area contributed by atoms with Gasteiger partial charge in [0.2, 0.25) is 0 Å². The molecule has 0 atom stereocenters. The molecule has 10 heteroatoms. The maximum absolute atomic E-state index is 12.2. The summed E-state index contributed by atoms with van der Waals surface area (Å²) in [6, 6.07) is 12.1. The van der Waals surface area contributed by atoms with Crippen LogP contribution in [0.1, 0.15) is 102 Å². The zero-order valence-corrected chi connectivity index (χ0v) is 29.8. The van der Waals surface area contributed by atoms with Crippen molar-refractivity contribution in [1.29, 1.82) is 0 Å². The summed E-state index contributed by atoms with van der Waals surface area (Å²) in [5, 5.41) is 26.1. The van der Waals surface area contributed by atoms with Crippen molar-refractivity contribution < 1.29 is 24.4 Å². The van der Waals surface area contributed by atoms with Crippen LogP contribution in [0.25, 0.3) is 34.2 Å². The molecule has 0 saturated heterocycles. The van der Waals surface area contributed by atoms with Crippen molar-refractivity contribution in [1.82, 2.24) is 15.0 Å². The van der Waals surface area contributed by atoms with E-state index in [1.54, 1.807) is 56.3 Å². The van der Waals surface area contributed by atoms with E-state index in [2.05, 4.69) is 19.0 Å². The minimum absolute atomic E-state index is 0.0274. The molecule has 3 aromatic carbocycles. The largest absolute Gasteiger partial charge is 0.507 e. The fourth-order valence-corrected chi connectivity index (χ4v) is 6.24. The van der Waals surface area contributed by atoms with E-state index in [0.29, 0.717) is 58.3 Å². The second-order valence-electron chi connectivity index (χ2n) is 13.1. The lowest BCUT2D eigenvalue weighted by atomic mass is 10.1. The summed E-state index contributed by atoms with van der Waals surface area (Å²) in [4.78, 5) is 26.4. The van der Waals surface area contributed by atoms with Gasteiger partial charge in [-0.25, -0.2) is 15.0 Å². The Bertz CT molecular complexity index is 1670. The highest BCUT2D eigenvalue weighted by Crippen LogP contribution is 2.41. The van der Waals surface area contributed by atoms with E-state index in [-0.39, 0.29) is 40.8 Å². The highest BCUT2D eigenvalue weighted by atomic mass is 16.5. The lowest BCUT2D eigenvalue weighted by Crippen LogP contribution is -2.10. The van der Waals surface area contributed by atoms with Gasteiger partial charge in [-0.2, -0.15) is 0 Å². The molecule has 1 aromatic heterocycles. The van der Waals surface area contributed by atoms with Crippen molar-refractivity contribution in [3.8, 4) is 62.9 Å². The number of aromatic nitrogens is 3. The molecule has 266 valence electrons. The van der Waals surface area contributed by atoms with Gasteiger partial charge >= 0.3 is 0 Å².